The van der Waals surface area contributed by atoms with E-state index in [0.717, 1.165) is 61.3 Å². The summed E-state index contributed by atoms with van der Waals surface area (Å²) in [6.45, 7) is 0. The van der Waals surface area contributed by atoms with Gasteiger partial charge < -0.3 is 8.98 Å². The van der Waals surface area contributed by atoms with Crippen molar-refractivity contribution in [1.29, 1.82) is 0 Å². The van der Waals surface area contributed by atoms with Gasteiger partial charge in [0.15, 0.2) is 0 Å². The van der Waals surface area contributed by atoms with Crippen LogP contribution in [0.3, 0.4) is 0 Å². The van der Waals surface area contributed by atoms with E-state index in [2.05, 4.69) is 141 Å². The molecule has 10 rings (SSSR count). The number of imidazole rings is 1. The quantitative estimate of drug-likeness (QED) is 0.214. The summed E-state index contributed by atoms with van der Waals surface area (Å²) in [5.41, 5.74) is 10.6. The van der Waals surface area contributed by atoms with Gasteiger partial charge in [-0.15, -0.1) is 0 Å². The molecule has 44 heavy (non-hydrogen) atoms. The second kappa shape index (κ2) is 8.69. The average molecular weight is 566 g/mol. The van der Waals surface area contributed by atoms with Crippen LogP contribution in [0.4, 0.5) is 0 Å². The number of hydrogen-bond donors (Lipinski definition) is 0. The molecule has 6 heteroatoms. The van der Waals surface area contributed by atoms with E-state index >= 15 is 0 Å². The molecule has 0 bridgehead atoms. The molecule has 0 aliphatic heterocycles. The molecule has 0 spiro atoms. The first-order chi connectivity index (χ1) is 21.8. The molecule has 0 fully saturated rings. The normalized spacial score (nSPS) is 12.1. The highest BCUT2D eigenvalue weighted by molar-refractivity contribution is 6.10. The summed E-state index contributed by atoms with van der Waals surface area (Å²) in [6, 6.07) is 47.1. The fourth-order valence-corrected chi connectivity index (χ4v) is 6.86. The lowest BCUT2D eigenvalue weighted by molar-refractivity contribution is 0.669. The van der Waals surface area contributed by atoms with E-state index in [-0.39, 0.29) is 0 Å². The molecule has 0 saturated carbocycles. The van der Waals surface area contributed by atoms with Gasteiger partial charge >= 0.3 is 0 Å². The molecule has 0 atom stereocenters. The molecule has 0 radical (unpaired) electrons. The van der Waals surface area contributed by atoms with Gasteiger partial charge in [-0.05, 0) is 77.9 Å². The zero-order valence-electron chi connectivity index (χ0n) is 23.4. The molecule has 0 aliphatic carbocycles. The first-order valence-corrected chi connectivity index (χ1v) is 14.7. The first-order valence-electron chi connectivity index (χ1n) is 14.7. The number of rotatable bonds is 3. The Morgan fingerprint density at radius 1 is 0.455 bits per heavy atom. The van der Waals surface area contributed by atoms with E-state index in [1.807, 2.05) is 16.6 Å². The Morgan fingerprint density at radius 3 is 1.89 bits per heavy atom. The third-order valence-electron chi connectivity index (χ3n) is 8.81. The van der Waals surface area contributed by atoms with Crippen molar-refractivity contribution < 1.29 is 4.42 Å². The van der Waals surface area contributed by atoms with Crippen LogP contribution in [0.5, 0.6) is 0 Å². The summed E-state index contributed by atoms with van der Waals surface area (Å²) in [6.07, 6.45) is 1.60. The maximum Gasteiger partial charge on any atom is 0.238 e. The molecule has 6 aromatic carbocycles. The van der Waals surface area contributed by atoms with Gasteiger partial charge in [0.05, 0.1) is 27.8 Å². The van der Waals surface area contributed by atoms with Crippen LogP contribution in [0, 0.1) is 0 Å². The predicted molar refractivity (Wildman–Crippen MR) is 177 cm³/mol. The minimum atomic E-state index is 0.779. The Labute approximate surface area is 250 Å². The standard InChI is InChI=1S/C38H23N5O/c1-3-12-32-28(10-1)29-11-2-4-13-33(29)41(32)26-9-7-8-24(20-26)25-16-18-36-30(21-25)31-22-27(17-19-37(31)44-36)42-34-14-5-6-15-35(34)43-38(42)39-23-40-43/h1-23H. The van der Waals surface area contributed by atoms with E-state index < -0.39 is 0 Å². The largest absolute Gasteiger partial charge is 0.456 e. The molecule has 0 saturated heterocycles. The van der Waals surface area contributed by atoms with Crippen molar-refractivity contribution in [2.75, 3.05) is 0 Å². The highest BCUT2D eigenvalue weighted by Crippen LogP contribution is 2.37. The highest BCUT2D eigenvalue weighted by Gasteiger charge is 2.17. The van der Waals surface area contributed by atoms with Gasteiger partial charge in [0, 0.05) is 27.2 Å². The topological polar surface area (TPSA) is 53.2 Å². The Kier molecular flexibility index (Phi) is 4.63. The second-order valence-corrected chi connectivity index (χ2v) is 11.2. The SMILES string of the molecule is c1cc(-c2ccc3oc4ccc(-n5c6ccccc6n6ncnc56)cc4c3c2)cc(-n2c3ccccc3c3ccccc32)c1. The number of nitrogens with zero attached hydrogens (tertiary/aromatic N) is 5. The minimum absolute atomic E-state index is 0.779. The van der Waals surface area contributed by atoms with Gasteiger partial charge in [0.1, 0.15) is 17.5 Å². The Bertz CT molecular complexity index is 2680. The molecule has 6 nitrogen and oxygen atoms in total. The molecule has 0 unspecified atom stereocenters. The van der Waals surface area contributed by atoms with E-state index in [9.17, 15) is 0 Å². The highest BCUT2D eigenvalue weighted by atomic mass is 16.3. The molecule has 0 amide bonds. The van der Waals surface area contributed by atoms with Crippen molar-refractivity contribution in [1.82, 2.24) is 23.7 Å². The van der Waals surface area contributed by atoms with E-state index in [0.29, 0.717) is 0 Å². The molecule has 10 aromatic rings. The van der Waals surface area contributed by atoms with E-state index in [4.69, 9.17) is 4.42 Å². The van der Waals surface area contributed by atoms with Crippen molar-refractivity contribution in [3.05, 3.63) is 140 Å². The number of fused-ring (bicyclic) bond motifs is 9. The number of aromatic nitrogens is 5. The zero-order valence-corrected chi connectivity index (χ0v) is 23.4. The smallest absolute Gasteiger partial charge is 0.238 e. The number of furan rings is 1. The Morgan fingerprint density at radius 2 is 1.09 bits per heavy atom. The van der Waals surface area contributed by atoms with Gasteiger partial charge in [0.2, 0.25) is 5.78 Å². The van der Waals surface area contributed by atoms with Crippen molar-refractivity contribution in [3.8, 4) is 22.5 Å². The van der Waals surface area contributed by atoms with Crippen molar-refractivity contribution in [2.24, 2.45) is 0 Å². The third-order valence-corrected chi connectivity index (χ3v) is 8.81. The monoisotopic (exact) mass is 565 g/mol. The molecule has 206 valence electrons. The van der Waals surface area contributed by atoms with Crippen LogP contribution >= 0.6 is 0 Å². The van der Waals surface area contributed by atoms with Crippen LogP contribution in [0.2, 0.25) is 0 Å². The molecular weight excluding hydrogens is 542 g/mol. The molecule has 0 aliphatic rings. The van der Waals surface area contributed by atoms with E-state index in [1.54, 1.807) is 6.33 Å². The lowest BCUT2D eigenvalue weighted by atomic mass is 10.0. The summed E-state index contributed by atoms with van der Waals surface area (Å²) in [5, 5.41) is 9.12. The van der Waals surface area contributed by atoms with E-state index in [1.165, 1.54) is 21.8 Å². The summed E-state index contributed by atoms with van der Waals surface area (Å²) in [7, 11) is 0. The summed E-state index contributed by atoms with van der Waals surface area (Å²) >= 11 is 0. The Hall–Kier alpha value is -6.14. The minimum Gasteiger partial charge on any atom is -0.456 e. The third kappa shape index (κ3) is 3.19. The molecule has 0 N–H and O–H groups in total. The number of hydrogen-bond acceptors (Lipinski definition) is 3. The van der Waals surface area contributed by atoms with Crippen molar-refractivity contribution in [2.45, 2.75) is 0 Å². The number of benzene rings is 6. The molecule has 4 heterocycles. The van der Waals surface area contributed by atoms with Crippen LogP contribution < -0.4 is 0 Å². The Balaban J connectivity index is 1.15. The van der Waals surface area contributed by atoms with Gasteiger partial charge in [0.25, 0.3) is 0 Å². The number of para-hydroxylation sites is 4. The van der Waals surface area contributed by atoms with Crippen molar-refractivity contribution in [3.63, 3.8) is 0 Å². The zero-order chi connectivity index (χ0) is 28.8. The van der Waals surface area contributed by atoms with Crippen LogP contribution in [0.25, 0.3) is 83.1 Å². The van der Waals surface area contributed by atoms with Crippen LogP contribution in [0.1, 0.15) is 0 Å². The fourth-order valence-electron chi connectivity index (χ4n) is 6.86. The average Bonchev–Trinajstić information content (AvgIpc) is 3.84. The van der Waals surface area contributed by atoms with Crippen LogP contribution in [-0.2, 0) is 0 Å². The maximum atomic E-state index is 6.31. The van der Waals surface area contributed by atoms with Gasteiger partial charge in [-0.3, -0.25) is 4.57 Å². The first kappa shape index (κ1) is 23.4. The second-order valence-electron chi connectivity index (χ2n) is 11.2. The van der Waals surface area contributed by atoms with Gasteiger partial charge in [-0.25, -0.2) is 0 Å². The van der Waals surface area contributed by atoms with Crippen LogP contribution in [-0.4, -0.2) is 23.7 Å². The predicted octanol–water partition coefficient (Wildman–Crippen LogP) is 9.34. The summed E-state index contributed by atoms with van der Waals surface area (Å²) in [4.78, 5) is 4.57. The molecule has 4 aromatic heterocycles. The fraction of sp³-hybridized carbons (Fsp3) is 0. The van der Waals surface area contributed by atoms with Crippen LogP contribution in [0.15, 0.2) is 144 Å². The lowest BCUT2D eigenvalue weighted by Crippen LogP contribution is -1.94. The summed E-state index contributed by atoms with van der Waals surface area (Å²) < 4.78 is 12.7. The molecular formula is C38H23N5O. The van der Waals surface area contributed by atoms with Crippen molar-refractivity contribution >= 4 is 60.6 Å². The van der Waals surface area contributed by atoms with Gasteiger partial charge in [-0.1, -0.05) is 66.7 Å². The summed E-state index contributed by atoms with van der Waals surface area (Å²) in [5.74, 6) is 0.779. The van der Waals surface area contributed by atoms with Gasteiger partial charge in [-0.2, -0.15) is 14.6 Å². The lowest BCUT2D eigenvalue weighted by Gasteiger charge is -2.10. The maximum absolute atomic E-state index is 6.31.